The van der Waals surface area contributed by atoms with E-state index >= 15 is 0 Å². The molecule has 2 atom stereocenters. The van der Waals surface area contributed by atoms with E-state index in [-0.39, 0.29) is 12.1 Å². The van der Waals surface area contributed by atoms with Gasteiger partial charge >= 0.3 is 6.03 Å². The number of aliphatic hydroxyl groups excluding tert-OH is 1. The van der Waals surface area contributed by atoms with E-state index in [1.807, 2.05) is 0 Å². The second-order valence-electron chi connectivity index (χ2n) is 5.77. The van der Waals surface area contributed by atoms with Gasteiger partial charge in [0, 0.05) is 19.5 Å². The maximum atomic E-state index is 12.2. The summed E-state index contributed by atoms with van der Waals surface area (Å²) in [5, 5.41) is 13.1. The number of furan rings is 1. The third kappa shape index (κ3) is 4.47. The molecule has 118 valence electrons. The van der Waals surface area contributed by atoms with E-state index in [4.69, 9.17) is 9.15 Å². The van der Waals surface area contributed by atoms with Crippen molar-refractivity contribution in [2.24, 2.45) is 5.92 Å². The second-order valence-corrected chi connectivity index (χ2v) is 5.77. The van der Waals surface area contributed by atoms with Gasteiger partial charge in [-0.05, 0) is 18.1 Å². The second kappa shape index (κ2) is 7.47. The normalized spacial score (nSPS) is 20.6. The van der Waals surface area contributed by atoms with E-state index in [1.54, 1.807) is 17.0 Å². The van der Waals surface area contributed by atoms with Crippen LogP contribution in [0.3, 0.4) is 0 Å². The third-order valence-electron chi connectivity index (χ3n) is 3.52. The number of urea groups is 1. The highest BCUT2D eigenvalue weighted by molar-refractivity contribution is 5.74. The summed E-state index contributed by atoms with van der Waals surface area (Å²) in [6, 6.07) is 3.23. The van der Waals surface area contributed by atoms with Crippen molar-refractivity contribution in [3.8, 4) is 0 Å². The first-order chi connectivity index (χ1) is 10.1. The van der Waals surface area contributed by atoms with E-state index < -0.39 is 6.10 Å². The first kappa shape index (κ1) is 15.9. The van der Waals surface area contributed by atoms with Crippen LogP contribution in [0.5, 0.6) is 0 Å². The Morgan fingerprint density at radius 2 is 2.38 bits per heavy atom. The van der Waals surface area contributed by atoms with Crippen LogP contribution in [0, 0.1) is 5.92 Å². The molecule has 0 aromatic carbocycles. The van der Waals surface area contributed by atoms with Gasteiger partial charge in [0.25, 0.3) is 0 Å². The van der Waals surface area contributed by atoms with Crippen LogP contribution in [0.2, 0.25) is 0 Å². The zero-order chi connectivity index (χ0) is 15.2. The molecule has 1 aliphatic rings. The number of hydrogen-bond acceptors (Lipinski definition) is 4. The number of carbonyl (C=O) groups excluding carboxylic acids is 1. The minimum absolute atomic E-state index is 0.0938. The molecule has 2 heterocycles. The molecule has 0 unspecified atom stereocenters. The Balaban J connectivity index is 1.93. The number of rotatable bonds is 5. The molecule has 0 bridgehead atoms. The summed E-state index contributed by atoms with van der Waals surface area (Å²) < 4.78 is 10.6. The quantitative estimate of drug-likeness (QED) is 0.868. The minimum Gasteiger partial charge on any atom is -0.467 e. The molecule has 1 aromatic heterocycles. The monoisotopic (exact) mass is 296 g/mol. The maximum Gasteiger partial charge on any atom is 0.317 e. The number of carbonyl (C=O) groups is 1. The fourth-order valence-electron chi connectivity index (χ4n) is 2.37. The highest BCUT2D eigenvalue weighted by Crippen LogP contribution is 2.23. The Bertz CT molecular complexity index is 433. The third-order valence-corrected chi connectivity index (χ3v) is 3.52. The number of nitrogens with zero attached hydrogens (tertiary/aromatic N) is 1. The zero-order valence-corrected chi connectivity index (χ0v) is 12.6. The lowest BCUT2D eigenvalue weighted by molar-refractivity contribution is -0.00976. The average molecular weight is 296 g/mol. The van der Waals surface area contributed by atoms with Crippen LogP contribution >= 0.6 is 0 Å². The number of amides is 2. The molecule has 1 fully saturated rings. The predicted molar refractivity (Wildman–Crippen MR) is 77.8 cm³/mol. The Labute approximate surface area is 125 Å². The van der Waals surface area contributed by atoms with Crippen LogP contribution in [-0.2, 0) is 4.74 Å². The van der Waals surface area contributed by atoms with Crippen molar-refractivity contribution in [1.82, 2.24) is 10.2 Å². The number of hydrogen-bond donors (Lipinski definition) is 2. The summed E-state index contributed by atoms with van der Waals surface area (Å²) in [5.74, 6) is 0.922. The summed E-state index contributed by atoms with van der Waals surface area (Å²) in [6.45, 7) is 6.26. The molecule has 2 rings (SSSR count). The summed E-state index contributed by atoms with van der Waals surface area (Å²) in [4.78, 5) is 14.0. The standard InChI is InChI=1S/C15H24N2O4/c1-11(2)9-16-15(19)17-5-7-20-10-12(17)8-13(18)14-4-3-6-21-14/h3-4,6,11-13,18H,5,7-10H2,1-2H3,(H,16,19)/t12-,13+/m0/s1. The lowest BCUT2D eigenvalue weighted by Crippen LogP contribution is -2.53. The Kier molecular flexibility index (Phi) is 5.64. The van der Waals surface area contributed by atoms with Crippen molar-refractivity contribution in [3.05, 3.63) is 24.2 Å². The van der Waals surface area contributed by atoms with Gasteiger partial charge < -0.3 is 24.5 Å². The highest BCUT2D eigenvalue weighted by Gasteiger charge is 2.30. The van der Waals surface area contributed by atoms with Gasteiger partial charge in [0.1, 0.15) is 11.9 Å². The van der Waals surface area contributed by atoms with E-state index in [0.29, 0.717) is 44.4 Å². The minimum atomic E-state index is -0.730. The van der Waals surface area contributed by atoms with Gasteiger partial charge in [0.05, 0.1) is 25.5 Å². The molecular weight excluding hydrogens is 272 g/mol. The van der Waals surface area contributed by atoms with E-state index in [9.17, 15) is 9.90 Å². The van der Waals surface area contributed by atoms with E-state index in [0.717, 1.165) is 0 Å². The average Bonchev–Trinajstić information content (AvgIpc) is 2.99. The smallest absolute Gasteiger partial charge is 0.317 e. The molecule has 0 aliphatic carbocycles. The summed E-state index contributed by atoms with van der Waals surface area (Å²) in [7, 11) is 0. The van der Waals surface area contributed by atoms with Crippen LogP contribution in [0.1, 0.15) is 32.1 Å². The molecule has 6 nitrogen and oxygen atoms in total. The molecule has 1 aromatic rings. The maximum absolute atomic E-state index is 12.2. The molecule has 1 saturated heterocycles. The number of morpholine rings is 1. The SMILES string of the molecule is CC(C)CNC(=O)N1CCOC[C@@H]1C[C@@H](O)c1ccco1. The van der Waals surface area contributed by atoms with Gasteiger partial charge in [-0.15, -0.1) is 0 Å². The van der Waals surface area contributed by atoms with Crippen LogP contribution in [-0.4, -0.2) is 48.4 Å². The summed E-state index contributed by atoms with van der Waals surface area (Å²) in [6.07, 6.45) is 1.21. The van der Waals surface area contributed by atoms with Crippen molar-refractivity contribution in [2.45, 2.75) is 32.4 Å². The molecular formula is C15H24N2O4. The zero-order valence-electron chi connectivity index (χ0n) is 12.6. The van der Waals surface area contributed by atoms with Crippen molar-refractivity contribution < 1.29 is 19.1 Å². The van der Waals surface area contributed by atoms with Gasteiger partial charge in [-0.1, -0.05) is 13.8 Å². The molecule has 6 heteroatoms. The molecule has 0 saturated carbocycles. The van der Waals surface area contributed by atoms with Crippen molar-refractivity contribution in [3.63, 3.8) is 0 Å². The van der Waals surface area contributed by atoms with E-state index in [2.05, 4.69) is 19.2 Å². The van der Waals surface area contributed by atoms with Gasteiger partial charge in [0.2, 0.25) is 0 Å². The molecule has 2 N–H and O–H groups in total. The molecule has 0 spiro atoms. The molecule has 1 aliphatic heterocycles. The summed E-state index contributed by atoms with van der Waals surface area (Å²) in [5.41, 5.74) is 0. The molecule has 2 amide bonds. The number of nitrogens with one attached hydrogen (secondary N) is 1. The molecule has 21 heavy (non-hydrogen) atoms. The van der Waals surface area contributed by atoms with Crippen molar-refractivity contribution in [2.75, 3.05) is 26.3 Å². The highest BCUT2D eigenvalue weighted by atomic mass is 16.5. The largest absolute Gasteiger partial charge is 0.467 e. The van der Waals surface area contributed by atoms with Gasteiger partial charge in [-0.25, -0.2) is 4.79 Å². The Hall–Kier alpha value is -1.53. The predicted octanol–water partition coefficient (Wildman–Crippen LogP) is 1.77. The van der Waals surface area contributed by atoms with Crippen LogP contribution in [0.15, 0.2) is 22.8 Å². The first-order valence-electron chi connectivity index (χ1n) is 7.41. The van der Waals surface area contributed by atoms with Gasteiger partial charge in [0.15, 0.2) is 0 Å². The van der Waals surface area contributed by atoms with Crippen molar-refractivity contribution in [1.29, 1.82) is 0 Å². The first-order valence-corrected chi connectivity index (χ1v) is 7.41. The van der Waals surface area contributed by atoms with Crippen LogP contribution < -0.4 is 5.32 Å². The Morgan fingerprint density at radius 3 is 3.05 bits per heavy atom. The lowest BCUT2D eigenvalue weighted by Gasteiger charge is -2.36. The topological polar surface area (TPSA) is 74.9 Å². The van der Waals surface area contributed by atoms with Crippen molar-refractivity contribution >= 4 is 6.03 Å². The number of ether oxygens (including phenoxy) is 1. The van der Waals surface area contributed by atoms with Gasteiger partial charge in [-0.2, -0.15) is 0 Å². The van der Waals surface area contributed by atoms with Crippen LogP contribution in [0.4, 0.5) is 4.79 Å². The van der Waals surface area contributed by atoms with E-state index in [1.165, 1.54) is 6.26 Å². The fraction of sp³-hybridized carbons (Fsp3) is 0.667. The summed E-state index contributed by atoms with van der Waals surface area (Å²) >= 11 is 0. The molecule has 0 radical (unpaired) electrons. The lowest BCUT2D eigenvalue weighted by atomic mass is 10.1. The Morgan fingerprint density at radius 1 is 1.57 bits per heavy atom. The number of aliphatic hydroxyl groups is 1. The van der Waals surface area contributed by atoms with Gasteiger partial charge in [-0.3, -0.25) is 0 Å². The fourth-order valence-corrected chi connectivity index (χ4v) is 2.37. The van der Waals surface area contributed by atoms with Crippen LogP contribution in [0.25, 0.3) is 0 Å².